The van der Waals surface area contributed by atoms with Gasteiger partial charge in [0.05, 0.1) is 12.1 Å². The van der Waals surface area contributed by atoms with E-state index in [4.69, 9.17) is 11.5 Å². The fraction of sp³-hybridized carbons (Fsp3) is 0.480. The Morgan fingerprint density at radius 3 is 2.28 bits per heavy atom. The van der Waals surface area contributed by atoms with Crippen LogP contribution in [0.5, 0.6) is 0 Å². The molecule has 5 atom stereocenters. The van der Waals surface area contributed by atoms with Crippen molar-refractivity contribution >= 4 is 52.3 Å². The van der Waals surface area contributed by atoms with Crippen LogP contribution in [0.2, 0.25) is 0 Å². The molecule has 0 fully saturated rings. The topological polar surface area (TPSA) is 230 Å². The van der Waals surface area contributed by atoms with E-state index in [2.05, 4.69) is 20.9 Å². The zero-order valence-corrected chi connectivity index (χ0v) is 22.6. The number of carboxylic acids is 1. The molecule has 2 rings (SSSR count). The number of carboxylic acid groups (broad SMARTS) is 1. The first-order valence-corrected chi connectivity index (χ1v) is 13.7. The number of primary amides is 1. The highest BCUT2D eigenvalue weighted by Crippen LogP contribution is 2.19. The van der Waals surface area contributed by atoms with Crippen LogP contribution in [-0.4, -0.2) is 87.1 Å². The van der Waals surface area contributed by atoms with Crippen LogP contribution >= 0.6 is 11.8 Å². The number of nitrogens with one attached hydrogen (secondary N) is 4. The molecule has 214 valence electrons. The lowest BCUT2D eigenvalue weighted by molar-refractivity contribution is -0.143. The number of benzene rings is 1. The minimum absolute atomic E-state index is 0.0102. The number of hydrogen-bond donors (Lipinski definition) is 8. The molecule has 0 aliphatic heterocycles. The van der Waals surface area contributed by atoms with E-state index < -0.39 is 59.9 Å². The SMILES string of the molecule is CSCCC(NC(=O)C(N)CCC(N)=O)C(=O)NC(C(=O)NC(Cc1c[nH]c2ccccc12)C(=O)O)C(C)O. The maximum atomic E-state index is 13.1. The van der Waals surface area contributed by atoms with Crippen molar-refractivity contribution in [2.45, 2.75) is 62.9 Å². The van der Waals surface area contributed by atoms with Crippen molar-refractivity contribution in [2.24, 2.45) is 11.5 Å². The molecule has 0 saturated heterocycles. The molecule has 0 bridgehead atoms. The van der Waals surface area contributed by atoms with Crippen molar-refractivity contribution in [3.8, 4) is 0 Å². The Bertz CT molecular complexity index is 1170. The van der Waals surface area contributed by atoms with E-state index in [1.54, 1.807) is 12.5 Å². The maximum absolute atomic E-state index is 13.1. The van der Waals surface area contributed by atoms with Gasteiger partial charge in [-0.2, -0.15) is 11.8 Å². The van der Waals surface area contributed by atoms with Crippen LogP contribution in [0.4, 0.5) is 0 Å². The van der Waals surface area contributed by atoms with Crippen LogP contribution in [0.15, 0.2) is 30.5 Å². The van der Waals surface area contributed by atoms with Gasteiger partial charge >= 0.3 is 5.97 Å². The molecule has 0 radical (unpaired) electrons. The number of H-pyrrole nitrogens is 1. The van der Waals surface area contributed by atoms with Gasteiger partial charge in [0, 0.05) is 29.9 Å². The number of thioether (sulfide) groups is 1. The van der Waals surface area contributed by atoms with Crippen molar-refractivity contribution in [2.75, 3.05) is 12.0 Å². The highest BCUT2D eigenvalue weighted by atomic mass is 32.2. The average Bonchev–Trinajstić information content (AvgIpc) is 3.29. The lowest BCUT2D eigenvalue weighted by Gasteiger charge is -2.26. The summed E-state index contributed by atoms with van der Waals surface area (Å²) in [7, 11) is 0. The van der Waals surface area contributed by atoms with E-state index in [0.29, 0.717) is 11.3 Å². The summed E-state index contributed by atoms with van der Waals surface area (Å²) in [5, 5.41) is 28.1. The quantitative estimate of drug-likeness (QED) is 0.124. The van der Waals surface area contributed by atoms with Gasteiger partial charge in [0.1, 0.15) is 18.1 Å². The molecule has 1 aromatic carbocycles. The number of rotatable bonds is 16. The fourth-order valence-corrected chi connectivity index (χ4v) is 4.32. The normalized spacial score (nSPS) is 15.0. The summed E-state index contributed by atoms with van der Waals surface area (Å²) in [4.78, 5) is 64.5. The number of carbonyl (C=O) groups is 5. The zero-order valence-electron chi connectivity index (χ0n) is 21.8. The molecule has 1 heterocycles. The van der Waals surface area contributed by atoms with Crippen LogP contribution in [0.3, 0.4) is 0 Å². The molecule has 5 unspecified atom stereocenters. The van der Waals surface area contributed by atoms with Gasteiger partial charge in [-0.15, -0.1) is 0 Å². The number of carbonyl (C=O) groups excluding carboxylic acids is 4. The first kappa shape index (κ1) is 31.6. The van der Waals surface area contributed by atoms with Crippen LogP contribution in [0.25, 0.3) is 10.9 Å². The van der Waals surface area contributed by atoms with E-state index in [-0.39, 0.29) is 25.7 Å². The van der Waals surface area contributed by atoms with Crippen molar-refractivity contribution in [3.63, 3.8) is 0 Å². The smallest absolute Gasteiger partial charge is 0.326 e. The van der Waals surface area contributed by atoms with E-state index >= 15 is 0 Å². The Morgan fingerprint density at radius 2 is 1.67 bits per heavy atom. The van der Waals surface area contributed by atoms with Crippen LogP contribution in [0, 0.1) is 0 Å². The number of aromatic amines is 1. The highest BCUT2D eigenvalue weighted by Gasteiger charge is 2.33. The molecule has 0 spiro atoms. The van der Waals surface area contributed by atoms with Crippen molar-refractivity contribution < 1.29 is 34.2 Å². The number of aromatic nitrogens is 1. The van der Waals surface area contributed by atoms with Crippen molar-refractivity contribution in [1.29, 1.82) is 0 Å². The number of aliphatic hydroxyl groups excluding tert-OH is 1. The lowest BCUT2D eigenvalue weighted by atomic mass is 10.0. The molecule has 14 heteroatoms. The van der Waals surface area contributed by atoms with Gasteiger partial charge in [0.15, 0.2) is 0 Å². The standard InChI is InChI=1S/C25H36N6O7S/c1-13(32)21(31-23(35)18(9-10-39-2)29-22(34)16(26)7-8-20(27)33)24(36)30-19(25(37)38)11-14-12-28-17-6-4-3-5-15(14)17/h3-6,12-13,16,18-19,21,28,32H,7-11,26H2,1-2H3,(H2,27,33)(H,29,34)(H,30,36)(H,31,35)(H,37,38). The van der Waals surface area contributed by atoms with Crippen LogP contribution in [0.1, 0.15) is 31.7 Å². The Balaban J connectivity index is 2.12. The minimum Gasteiger partial charge on any atom is -0.480 e. The second-order valence-electron chi connectivity index (χ2n) is 9.14. The Hall–Kier alpha value is -3.62. The second kappa shape index (κ2) is 15.1. The number of aliphatic hydroxyl groups is 1. The highest BCUT2D eigenvalue weighted by molar-refractivity contribution is 7.98. The fourth-order valence-electron chi connectivity index (χ4n) is 3.85. The van der Waals surface area contributed by atoms with Gasteiger partial charge in [0.2, 0.25) is 23.6 Å². The average molecular weight is 565 g/mol. The van der Waals surface area contributed by atoms with Gasteiger partial charge in [-0.3, -0.25) is 19.2 Å². The van der Waals surface area contributed by atoms with E-state index in [1.807, 2.05) is 24.3 Å². The van der Waals surface area contributed by atoms with Gasteiger partial charge in [-0.25, -0.2) is 4.79 Å². The Labute approximate surface area is 229 Å². The van der Waals surface area contributed by atoms with E-state index in [0.717, 1.165) is 10.9 Å². The van der Waals surface area contributed by atoms with Gasteiger partial charge in [-0.1, -0.05) is 18.2 Å². The largest absolute Gasteiger partial charge is 0.480 e. The molecule has 1 aromatic heterocycles. The molecular formula is C25H36N6O7S. The molecule has 4 amide bonds. The lowest BCUT2D eigenvalue weighted by Crippen LogP contribution is -2.60. The summed E-state index contributed by atoms with van der Waals surface area (Å²) in [5.41, 5.74) is 12.4. The first-order chi connectivity index (χ1) is 18.4. The summed E-state index contributed by atoms with van der Waals surface area (Å²) < 4.78 is 0. The third-order valence-corrected chi connectivity index (χ3v) is 6.70. The number of hydrogen-bond acceptors (Lipinski definition) is 8. The third-order valence-electron chi connectivity index (χ3n) is 6.06. The Kier molecular flexibility index (Phi) is 12.2. The molecule has 0 aliphatic rings. The molecule has 0 aliphatic carbocycles. The zero-order chi connectivity index (χ0) is 29.1. The van der Waals surface area contributed by atoms with Crippen molar-refractivity contribution in [1.82, 2.24) is 20.9 Å². The predicted octanol–water partition coefficient (Wildman–Crippen LogP) is -1.02. The summed E-state index contributed by atoms with van der Waals surface area (Å²) >= 11 is 1.42. The van der Waals surface area contributed by atoms with Gasteiger partial charge in [-0.05, 0) is 43.4 Å². The monoisotopic (exact) mass is 564 g/mol. The third kappa shape index (κ3) is 9.57. The van der Waals surface area contributed by atoms with Gasteiger partial charge < -0.3 is 42.6 Å². The van der Waals surface area contributed by atoms with E-state index in [1.165, 1.54) is 18.7 Å². The number of nitrogens with two attached hydrogens (primary N) is 2. The molecule has 10 N–H and O–H groups in total. The molecule has 0 saturated carbocycles. The summed E-state index contributed by atoms with van der Waals surface area (Å²) in [5.74, 6) is -3.78. The van der Waals surface area contributed by atoms with Crippen molar-refractivity contribution in [3.05, 3.63) is 36.0 Å². The van der Waals surface area contributed by atoms with Crippen LogP contribution in [-0.2, 0) is 30.4 Å². The molecule has 39 heavy (non-hydrogen) atoms. The first-order valence-electron chi connectivity index (χ1n) is 12.3. The predicted molar refractivity (Wildman–Crippen MR) is 147 cm³/mol. The second-order valence-corrected chi connectivity index (χ2v) is 10.1. The summed E-state index contributed by atoms with van der Waals surface area (Å²) in [6, 6.07) is 2.28. The Morgan fingerprint density at radius 1 is 1.00 bits per heavy atom. The molecule has 13 nitrogen and oxygen atoms in total. The maximum Gasteiger partial charge on any atom is 0.326 e. The van der Waals surface area contributed by atoms with Crippen LogP contribution < -0.4 is 27.4 Å². The number of para-hydroxylation sites is 1. The van der Waals surface area contributed by atoms with E-state index in [9.17, 15) is 34.2 Å². The molecule has 2 aromatic rings. The number of fused-ring (bicyclic) bond motifs is 1. The number of aliphatic carboxylic acids is 1. The van der Waals surface area contributed by atoms with Gasteiger partial charge in [0.25, 0.3) is 0 Å². The summed E-state index contributed by atoms with van der Waals surface area (Å²) in [6.07, 6.45) is 2.11. The number of amides is 4. The molecular weight excluding hydrogens is 528 g/mol. The summed E-state index contributed by atoms with van der Waals surface area (Å²) in [6.45, 7) is 1.27. The minimum atomic E-state index is -1.50.